The maximum atomic E-state index is 5.77. The Labute approximate surface area is 76.8 Å². The summed E-state index contributed by atoms with van der Waals surface area (Å²) in [5.41, 5.74) is 3.13. The summed E-state index contributed by atoms with van der Waals surface area (Å²) < 4.78 is 3.22. The lowest BCUT2D eigenvalue weighted by molar-refractivity contribution is 0.0272. The molecular formula is C5H12Cl2N4. The van der Waals surface area contributed by atoms with E-state index in [4.69, 9.17) is 23.6 Å². The summed E-state index contributed by atoms with van der Waals surface area (Å²) in [7, 11) is 0. The number of nitrogens with zero attached hydrogens (tertiary/aromatic N) is 3. The van der Waals surface area contributed by atoms with Gasteiger partial charge in [0.2, 0.25) is 0 Å². The molecule has 0 amide bonds. The Morgan fingerprint density at radius 2 is 1.73 bits per heavy atom. The molecular weight excluding hydrogens is 187 g/mol. The molecule has 0 unspecified atom stereocenters. The van der Waals surface area contributed by atoms with Crippen LogP contribution in [-0.2, 0) is 0 Å². The van der Waals surface area contributed by atoms with Crippen molar-refractivity contribution in [1.82, 2.24) is 19.3 Å². The first-order valence-corrected chi connectivity index (χ1v) is 4.20. The van der Waals surface area contributed by atoms with Gasteiger partial charge in [0.25, 0.3) is 0 Å². The number of halogens is 2. The summed E-state index contributed by atoms with van der Waals surface area (Å²) in [6.07, 6.45) is 0. The van der Waals surface area contributed by atoms with Crippen LogP contribution in [0.15, 0.2) is 0 Å². The van der Waals surface area contributed by atoms with Gasteiger partial charge in [-0.15, -0.1) is 0 Å². The maximum absolute atomic E-state index is 5.77. The average molecular weight is 199 g/mol. The van der Waals surface area contributed by atoms with Crippen molar-refractivity contribution < 1.29 is 0 Å². The van der Waals surface area contributed by atoms with Crippen LogP contribution in [-0.4, -0.2) is 40.4 Å². The van der Waals surface area contributed by atoms with Crippen molar-refractivity contribution in [1.29, 1.82) is 0 Å². The van der Waals surface area contributed by atoms with E-state index in [0.717, 1.165) is 6.54 Å². The Morgan fingerprint density at radius 3 is 2.18 bits per heavy atom. The third kappa shape index (κ3) is 3.11. The van der Waals surface area contributed by atoms with Gasteiger partial charge in [-0.25, -0.2) is 5.01 Å². The van der Waals surface area contributed by atoms with Gasteiger partial charge in [-0.1, -0.05) is 6.92 Å². The van der Waals surface area contributed by atoms with Gasteiger partial charge in [0.15, 0.2) is 0 Å². The first-order chi connectivity index (χ1) is 5.22. The molecule has 0 bridgehead atoms. The van der Waals surface area contributed by atoms with Gasteiger partial charge in [-0.3, -0.25) is 5.43 Å². The summed E-state index contributed by atoms with van der Waals surface area (Å²) in [6, 6.07) is 0. The van der Waals surface area contributed by atoms with Crippen LogP contribution in [0.5, 0.6) is 0 Å². The third-order valence-electron chi connectivity index (χ3n) is 1.34. The van der Waals surface area contributed by atoms with Crippen LogP contribution in [0.2, 0.25) is 0 Å². The zero-order valence-electron chi connectivity index (χ0n) is 6.43. The molecule has 1 aliphatic heterocycles. The molecule has 0 aliphatic carbocycles. The summed E-state index contributed by atoms with van der Waals surface area (Å²) in [4.78, 5) is 0. The monoisotopic (exact) mass is 198 g/mol. The van der Waals surface area contributed by atoms with E-state index in [2.05, 4.69) is 5.43 Å². The molecule has 1 saturated heterocycles. The molecule has 0 aromatic rings. The predicted octanol–water partition coefficient (Wildman–Crippen LogP) is 0.611. The second-order valence-corrected chi connectivity index (χ2v) is 3.36. The lowest BCUT2D eigenvalue weighted by Crippen LogP contribution is -2.53. The Hall–Kier alpha value is 0.420. The van der Waals surface area contributed by atoms with Gasteiger partial charge < -0.3 is 0 Å². The van der Waals surface area contributed by atoms with E-state index in [-0.39, 0.29) is 0 Å². The average Bonchev–Trinajstić information content (AvgIpc) is 1.85. The number of rotatable bonds is 2. The van der Waals surface area contributed by atoms with Gasteiger partial charge in [0, 0.05) is 6.54 Å². The molecule has 0 aromatic heterocycles. The molecule has 0 atom stereocenters. The minimum atomic E-state index is 0.588. The van der Waals surface area contributed by atoms with E-state index >= 15 is 0 Å². The second kappa shape index (κ2) is 4.45. The summed E-state index contributed by atoms with van der Waals surface area (Å²) in [6.45, 7) is 4.89. The fourth-order valence-electron chi connectivity index (χ4n) is 0.995. The van der Waals surface area contributed by atoms with E-state index in [1.165, 1.54) is 0 Å². The molecule has 0 aromatic carbocycles. The van der Waals surface area contributed by atoms with Crippen molar-refractivity contribution in [2.75, 3.05) is 26.6 Å². The topological polar surface area (TPSA) is 21.8 Å². The van der Waals surface area contributed by atoms with Crippen LogP contribution in [0.3, 0.4) is 0 Å². The van der Waals surface area contributed by atoms with E-state index < -0.39 is 0 Å². The second-order valence-electron chi connectivity index (χ2n) is 2.40. The van der Waals surface area contributed by atoms with E-state index in [1.807, 2.05) is 11.9 Å². The van der Waals surface area contributed by atoms with Crippen molar-refractivity contribution >= 4 is 23.6 Å². The smallest absolute Gasteiger partial charge is 0.0828 e. The molecule has 1 fully saturated rings. The van der Waals surface area contributed by atoms with Crippen molar-refractivity contribution in [3.63, 3.8) is 0 Å². The minimum Gasteiger partial charge on any atom is -0.253 e. The Balaban J connectivity index is 2.30. The Kier molecular flexibility index (Phi) is 3.84. The number of hydrogen-bond donors (Lipinski definition) is 1. The van der Waals surface area contributed by atoms with E-state index in [0.29, 0.717) is 20.0 Å². The highest BCUT2D eigenvalue weighted by Crippen LogP contribution is 2.08. The molecule has 0 saturated carbocycles. The number of hydrazine groups is 1. The van der Waals surface area contributed by atoms with E-state index in [1.54, 1.807) is 8.84 Å². The van der Waals surface area contributed by atoms with Crippen molar-refractivity contribution in [2.24, 2.45) is 0 Å². The molecule has 1 N–H and O–H groups in total. The summed E-state index contributed by atoms with van der Waals surface area (Å²) in [5, 5.41) is 1.95. The van der Waals surface area contributed by atoms with Gasteiger partial charge in [-0.05, 0) is 23.6 Å². The minimum absolute atomic E-state index is 0.588. The van der Waals surface area contributed by atoms with Crippen molar-refractivity contribution in [3.05, 3.63) is 0 Å². The van der Waals surface area contributed by atoms with E-state index in [9.17, 15) is 0 Å². The first-order valence-electron chi connectivity index (χ1n) is 3.52. The van der Waals surface area contributed by atoms with Crippen LogP contribution in [0.25, 0.3) is 0 Å². The molecule has 0 radical (unpaired) electrons. The molecule has 66 valence electrons. The van der Waals surface area contributed by atoms with Gasteiger partial charge >= 0.3 is 0 Å². The standard InChI is InChI=1S/C5H12Cl2N4/c1-2-8-11-4-9(6)3-10(7)5-11/h8H,2-5H2,1H3. The predicted molar refractivity (Wildman–Crippen MR) is 45.5 cm³/mol. The lowest BCUT2D eigenvalue weighted by Gasteiger charge is -2.35. The fraction of sp³-hybridized carbons (Fsp3) is 1.00. The normalized spacial score (nSPS) is 24.3. The highest BCUT2D eigenvalue weighted by atomic mass is 35.5. The SMILES string of the molecule is CCNN1CN(Cl)CN(Cl)C1. The molecule has 1 aliphatic rings. The van der Waals surface area contributed by atoms with Crippen LogP contribution in [0.4, 0.5) is 0 Å². The van der Waals surface area contributed by atoms with Crippen molar-refractivity contribution in [3.8, 4) is 0 Å². The van der Waals surface area contributed by atoms with Crippen LogP contribution < -0.4 is 5.43 Å². The molecule has 0 spiro atoms. The van der Waals surface area contributed by atoms with Crippen molar-refractivity contribution in [2.45, 2.75) is 6.92 Å². The Bertz CT molecular complexity index is 113. The molecule has 11 heavy (non-hydrogen) atoms. The van der Waals surface area contributed by atoms with Gasteiger partial charge in [-0.2, -0.15) is 8.84 Å². The molecule has 1 rings (SSSR count). The number of hydrogen-bond acceptors (Lipinski definition) is 4. The highest BCUT2D eigenvalue weighted by Gasteiger charge is 2.19. The third-order valence-corrected chi connectivity index (χ3v) is 1.76. The molecule has 1 heterocycles. The van der Waals surface area contributed by atoms with Crippen LogP contribution >= 0.6 is 23.6 Å². The lowest BCUT2D eigenvalue weighted by atomic mass is 10.7. The maximum Gasteiger partial charge on any atom is 0.0828 e. The molecule has 4 nitrogen and oxygen atoms in total. The zero-order valence-corrected chi connectivity index (χ0v) is 7.94. The Morgan fingerprint density at radius 1 is 1.18 bits per heavy atom. The largest absolute Gasteiger partial charge is 0.253 e. The summed E-state index contributed by atoms with van der Waals surface area (Å²) in [5.74, 6) is 0. The van der Waals surface area contributed by atoms with Crippen LogP contribution in [0, 0.1) is 0 Å². The first kappa shape index (κ1) is 9.51. The zero-order chi connectivity index (χ0) is 8.27. The van der Waals surface area contributed by atoms with Crippen LogP contribution in [0.1, 0.15) is 6.92 Å². The quantitative estimate of drug-likeness (QED) is 0.657. The van der Waals surface area contributed by atoms with Gasteiger partial charge in [0.1, 0.15) is 0 Å². The highest BCUT2D eigenvalue weighted by molar-refractivity contribution is 6.15. The number of nitrogens with one attached hydrogen (secondary N) is 1. The summed E-state index contributed by atoms with van der Waals surface area (Å²) >= 11 is 11.5. The van der Waals surface area contributed by atoms with Gasteiger partial charge in [0.05, 0.1) is 20.0 Å². The fourth-order valence-corrected chi connectivity index (χ4v) is 1.57. The molecule has 6 heteroatoms.